The van der Waals surface area contributed by atoms with Crippen LogP contribution in [0.4, 0.5) is 5.69 Å². The average Bonchev–Trinajstić information content (AvgIpc) is 3.26. The minimum absolute atomic E-state index is 0.0252. The Labute approximate surface area is 205 Å². The van der Waals surface area contributed by atoms with Crippen molar-refractivity contribution in [3.63, 3.8) is 0 Å². The summed E-state index contributed by atoms with van der Waals surface area (Å²) in [5, 5.41) is 0.577. The molecule has 1 atom stereocenters. The molecule has 35 heavy (non-hydrogen) atoms. The number of halogens is 1. The van der Waals surface area contributed by atoms with Gasteiger partial charge in [0.25, 0.3) is 11.8 Å². The fraction of sp³-hybridized carbons (Fsp3) is 0.107. The molecule has 0 bridgehead atoms. The SMILES string of the molecule is C=CCN1C(=O)C2(c3ccccc31)c1c(oc3ccc(Cl)cc3c1=O)C(=O)N2Cc1ccccc1. The van der Waals surface area contributed by atoms with Crippen molar-refractivity contribution in [2.24, 2.45) is 0 Å². The van der Waals surface area contributed by atoms with E-state index in [1.807, 2.05) is 42.5 Å². The summed E-state index contributed by atoms with van der Waals surface area (Å²) < 4.78 is 6.02. The van der Waals surface area contributed by atoms with E-state index in [2.05, 4.69) is 6.58 Å². The molecular formula is C28H19ClN2O4. The molecule has 0 radical (unpaired) electrons. The van der Waals surface area contributed by atoms with Gasteiger partial charge in [0, 0.05) is 23.7 Å². The first-order valence-electron chi connectivity index (χ1n) is 11.1. The lowest BCUT2D eigenvalue weighted by atomic mass is 9.83. The number of fused-ring (bicyclic) bond motifs is 5. The Morgan fingerprint density at radius 1 is 0.971 bits per heavy atom. The fourth-order valence-corrected chi connectivity index (χ4v) is 5.43. The minimum atomic E-state index is -1.67. The van der Waals surface area contributed by atoms with E-state index in [0.717, 1.165) is 5.56 Å². The molecule has 4 aromatic rings. The van der Waals surface area contributed by atoms with Crippen LogP contribution in [0.5, 0.6) is 0 Å². The number of carbonyl (C=O) groups is 2. The van der Waals surface area contributed by atoms with Gasteiger partial charge in [-0.05, 0) is 29.8 Å². The predicted molar refractivity (Wildman–Crippen MR) is 134 cm³/mol. The third-order valence-corrected chi connectivity index (χ3v) is 6.93. The van der Waals surface area contributed by atoms with Crippen molar-refractivity contribution >= 4 is 40.1 Å². The molecule has 1 spiro atoms. The molecule has 0 aliphatic carbocycles. The van der Waals surface area contributed by atoms with Crippen LogP contribution in [0.15, 0.2) is 94.7 Å². The molecule has 0 saturated carbocycles. The highest BCUT2D eigenvalue weighted by Gasteiger charge is 2.64. The van der Waals surface area contributed by atoms with E-state index in [4.69, 9.17) is 16.0 Å². The number of rotatable bonds is 4. The van der Waals surface area contributed by atoms with Crippen LogP contribution < -0.4 is 10.3 Å². The number of anilines is 1. The molecule has 6 rings (SSSR count). The zero-order valence-corrected chi connectivity index (χ0v) is 19.3. The van der Waals surface area contributed by atoms with Gasteiger partial charge in [0.05, 0.1) is 16.6 Å². The van der Waals surface area contributed by atoms with Gasteiger partial charge in [-0.3, -0.25) is 14.4 Å². The Kier molecular flexibility index (Phi) is 4.69. The van der Waals surface area contributed by atoms with Crippen molar-refractivity contribution < 1.29 is 14.0 Å². The van der Waals surface area contributed by atoms with Crippen LogP contribution in [0.1, 0.15) is 27.2 Å². The Hall–Kier alpha value is -4.16. The van der Waals surface area contributed by atoms with Crippen LogP contribution in [0.3, 0.4) is 0 Å². The third kappa shape index (κ3) is 2.80. The molecule has 1 unspecified atom stereocenters. The topological polar surface area (TPSA) is 70.8 Å². The first kappa shape index (κ1) is 21.4. The molecule has 1 aromatic heterocycles. The van der Waals surface area contributed by atoms with Gasteiger partial charge in [-0.25, -0.2) is 0 Å². The van der Waals surface area contributed by atoms with Crippen molar-refractivity contribution in [1.29, 1.82) is 0 Å². The number of nitrogens with zero attached hydrogens (tertiary/aromatic N) is 2. The molecule has 2 amide bonds. The van der Waals surface area contributed by atoms with Crippen molar-refractivity contribution in [3.8, 4) is 0 Å². The molecule has 6 nitrogen and oxygen atoms in total. The molecule has 7 heteroatoms. The first-order chi connectivity index (χ1) is 17.0. The molecular weight excluding hydrogens is 464 g/mol. The van der Waals surface area contributed by atoms with Crippen LogP contribution in [0.2, 0.25) is 5.02 Å². The first-order valence-corrected chi connectivity index (χ1v) is 11.5. The Balaban J connectivity index is 1.72. The maximum Gasteiger partial charge on any atom is 0.291 e. The summed E-state index contributed by atoms with van der Waals surface area (Å²) >= 11 is 6.19. The van der Waals surface area contributed by atoms with E-state index in [1.54, 1.807) is 35.2 Å². The summed E-state index contributed by atoms with van der Waals surface area (Å²) in [6, 6.07) is 21.3. The summed E-state index contributed by atoms with van der Waals surface area (Å²) in [7, 11) is 0. The largest absolute Gasteiger partial charge is 0.450 e. The van der Waals surface area contributed by atoms with Crippen LogP contribution in [-0.4, -0.2) is 23.3 Å². The highest BCUT2D eigenvalue weighted by Crippen LogP contribution is 2.53. The Bertz CT molecular complexity index is 1610. The number of amides is 2. The van der Waals surface area contributed by atoms with Crippen LogP contribution >= 0.6 is 11.6 Å². The fourth-order valence-electron chi connectivity index (χ4n) is 5.26. The van der Waals surface area contributed by atoms with Crippen molar-refractivity contribution in [1.82, 2.24) is 4.90 Å². The molecule has 2 aliphatic rings. The zero-order valence-electron chi connectivity index (χ0n) is 18.5. The molecule has 0 saturated heterocycles. The van der Waals surface area contributed by atoms with Crippen molar-refractivity contribution in [3.05, 3.63) is 123 Å². The summed E-state index contributed by atoms with van der Waals surface area (Å²) in [5.74, 6) is -1.03. The van der Waals surface area contributed by atoms with Gasteiger partial charge in [0.2, 0.25) is 5.76 Å². The highest BCUT2D eigenvalue weighted by atomic mass is 35.5. The van der Waals surface area contributed by atoms with Gasteiger partial charge in [-0.1, -0.05) is 66.2 Å². The number of benzene rings is 3. The van der Waals surface area contributed by atoms with Crippen LogP contribution in [0.25, 0.3) is 11.0 Å². The molecule has 2 aliphatic heterocycles. The summed E-state index contributed by atoms with van der Waals surface area (Å²) in [6.45, 7) is 4.13. The lowest BCUT2D eigenvalue weighted by molar-refractivity contribution is -0.126. The van der Waals surface area contributed by atoms with E-state index in [0.29, 0.717) is 16.3 Å². The second kappa shape index (κ2) is 7.68. The van der Waals surface area contributed by atoms with Gasteiger partial charge in [-0.2, -0.15) is 0 Å². The normalized spacial score (nSPS) is 18.4. The number of hydrogen-bond acceptors (Lipinski definition) is 4. The van der Waals surface area contributed by atoms with Gasteiger partial charge < -0.3 is 14.2 Å². The maximum absolute atomic E-state index is 14.3. The third-order valence-electron chi connectivity index (χ3n) is 6.69. The second-order valence-corrected chi connectivity index (χ2v) is 9.02. The Morgan fingerprint density at radius 2 is 1.71 bits per heavy atom. The molecule has 0 fully saturated rings. The highest BCUT2D eigenvalue weighted by molar-refractivity contribution is 6.31. The molecule has 0 N–H and O–H groups in total. The monoisotopic (exact) mass is 482 g/mol. The predicted octanol–water partition coefficient (Wildman–Crippen LogP) is 4.88. The summed E-state index contributed by atoms with van der Waals surface area (Å²) in [5.41, 5.74) is 0.156. The van der Waals surface area contributed by atoms with E-state index in [9.17, 15) is 14.4 Å². The molecule has 3 heterocycles. The van der Waals surface area contributed by atoms with Crippen LogP contribution in [-0.2, 0) is 16.9 Å². The van der Waals surface area contributed by atoms with Gasteiger partial charge in [-0.15, -0.1) is 6.58 Å². The standard InChI is InChI=1S/C28H19ClN2O4/c1-2-14-30-21-11-7-6-10-20(21)28(27(30)34)23-24(32)19-15-18(29)12-13-22(19)35-25(23)26(33)31(28)16-17-8-4-3-5-9-17/h2-13,15H,1,14,16H2. The summed E-state index contributed by atoms with van der Waals surface area (Å²) in [6.07, 6.45) is 1.62. The quantitative estimate of drug-likeness (QED) is 0.389. The van der Waals surface area contributed by atoms with Gasteiger partial charge >= 0.3 is 0 Å². The smallest absolute Gasteiger partial charge is 0.291 e. The molecule has 3 aromatic carbocycles. The lowest BCUT2D eigenvalue weighted by Crippen LogP contribution is -2.53. The van der Waals surface area contributed by atoms with E-state index in [-0.39, 0.29) is 35.4 Å². The van der Waals surface area contributed by atoms with E-state index < -0.39 is 22.8 Å². The zero-order chi connectivity index (χ0) is 24.3. The van der Waals surface area contributed by atoms with Gasteiger partial charge in [0.1, 0.15) is 5.58 Å². The van der Waals surface area contributed by atoms with Crippen LogP contribution in [0, 0.1) is 0 Å². The van der Waals surface area contributed by atoms with E-state index in [1.165, 1.54) is 11.0 Å². The van der Waals surface area contributed by atoms with Crippen molar-refractivity contribution in [2.45, 2.75) is 12.1 Å². The van der Waals surface area contributed by atoms with Gasteiger partial charge in [0.15, 0.2) is 11.0 Å². The maximum atomic E-state index is 14.3. The average molecular weight is 483 g/mol. The second-order valence-electron chi connectivity index (χ2n) is 8.58. The number of para-hydroxylation sites is 1. The summed E-state index contributed by atoms with van der Waals surface area (Å²) in [4.78, 5) is 45.3. The number of hydrogen-bond donors (Lipinski definition) is 0. The number of carbonyl (C=O) groups excluding carboxylic acids is 2. The van der Waals surface area contributed by atoms with Crippen molar-refractivity contribution in [2.75, 3.05) is 11.4 Å². The minimum Gasteiger partial charge on any atom is -0.450 e. The molecule has 172 valence electrons. The Morgan fingerprint density at radius 3 is 2.49 bits per heavy atom. The lowest BCUT2D eigenvalue weighted by Gasteiger charge is -2.34. The van der Waals surface area contributed by atoms with E-state index >= 15 is 0 Å².